The van der Waals surface area contributed by atoms with Crippen LogP contribution in [0.2, 0.25) is 0 Å². The fourth-order valence-corrected chi connectivity index (χ4v) is 8.81. The molecule has 1 aromatic heterocycles. The maximum absolute atomic E-state index is 10.6. The zero-order valence-electron chi connectivity index (χ0n) is 18.1. The van der Waals surface area contributed by atoms with Crippen LogP contribution in [-0.4, -0.2) is 25.7 Å². The van der Waals surface area contributed by atoms with Crippen LogP contribution in [0.15, 0.2) is 12.4 Å². The van der Waals surface area contributed by atoms with Gasteiger partial charge in [0.15, 0.2) is 0 Å². The quantitative estimate of drug-likeness (QED) is 0.802. The van der Waals surface area contributed by atoms with Crippen molar-refractivity contribution in [3.8, 4) is 0 Å². The fraction of sp³-hybridized carbons (Fsp3) is 0.917. The first-order valence-electron chi connectivity index (χ1n) is 11.9. The van der Waals surface area contributed by atoms with Crippen LogP contribution < -0.4 is 0 Å². The van der Waals surface area contributed by atoms with Crippen molar-refractivity contribution in [2.75, 3.05) is 0 Å². The molecule has 1 N–H and O–H groups in total. The number of aliphatic hydroxyl groups is 1. The molecule has 0 spiro atoms. The maximum atomic E-state index is 10.6. The van der Waals surface area contributed by atoms with Gasteiger partial charge in [-0.1, -0.05) is 19.1 Å². The van der Waals surface area contributed by atoms with Crippen LogP contribution in [0.3, 0.4) is 0 Å². The Hall–Kier alpha value is -0.900. The molecule has 156 valence electrons. The van der Waals surface area contributed by atoms with Crippen LogP contribution in [0.25, 0.3) is 0 Å². The molecule has 28 heavy (non-hydrogen) atoms. The molecular weight excluding hydrogens is 346 g/mol. The van der Waals surface area contributed by atoms with Crippen LogP contribution in [-0.2, 0) is 6.54 Å². The summed E-state index contributed by atoms with van der Waals surface area (Å²) in [6.07, 6.45) is 15.7. The number of hydrogen-bond donors (Lipinski definition) is 1. The lowest BCUT2D eigenvalue weighted by atomic mass is 9.48. The first kappa shape index (κ1) is 19.1. The Bertz CT molecular complexity index is 686. The molecule has 4 heteroatoms. The van der Waals surface area contributed by atoms with Gasteiger partial charge in [0.1, 0.15) is 0 Å². The van der Waals surface area contributed by atoms with Crippen molar-refractivity contribution in [2.24, 2.45) is 46.8 Å². The van der Waals surface area contributed by atoms with Crippen LogP contribution in [0, 0.1) is 46.8 Å². The maximum Gasteiger partial charge on any atom is 0.0692 e. The highest BCUT2D eigenvalue weighted by atomic mass is 16.3. The smallest absolute Gasteiger partial charge is 0.0692 e. The summed E-state index contributed by atoms with van der Waals surface area (Å²) in [5.74, 6) is 6.01. The summed E-state index contributed by atoms with van der Waals surface area (Å²) in [6, 6.07) is 0. The summed E-state index contributed by atoms with van der Waals surface area (Å²) in [4.78, 5) is 0. The van der Waals surface area contributed by atoms with E-state index < -0.39 is 5.60 Å². The van der Waals surface area contributed by atoms with Crippen molar-refractivity contribution in [2.45, 2.75) is 90.7 Å². The van der Waals surface area contributed by atoms with E-state index in [0.717, 1.165) is 54.9 Å². The number of aromatic nitrogens is 3. The molecule has 4 aliphatic rings. The number of hydrogen-bond acceptors (Lipinski definition) is 3. The molecule has 4 saturated carbocycles. The second-order valence-electron chi connectivity index (χ2n) is 11.5. The molecule has 0 aliphatic heterocycles. The average Bonchev–Trinajstić information content (AvgIpc) is 3.27. The first-order chi connectivity index (χ1) is 13.4. The van der Waals surface area contributed by atoms with Gasteiger partial charge >= 0.3 is 0 Å². The fourth-order valence-electron chi connectivity index (χ4n) is 8.81. The monoisotopic (exact) mass is 385 g/mol. The zero-order valence-corrected chi connectivity index (χ0v) is 18.1. The molecule has 1 aromatic rings. The van der Waals surface area contributed by atoms with E-state index in [1.165, 1.54) is 44.9 Å². The third kappa shape index (κ3) is 3.05. The Morgan fingerprint density at radius 2 is 1.86 bits per heavy atom. The van der Waals surface area contributed by atoms with Crippen LogP contribution in [0.1, 0.15) is 78.6 Å². The summed E-state index contributed by atoms with van der Waals surface area (Å²) in [5.41, 5.74) is 0.126. The summed E-state index contributed by atoms with van der Waals surface area (Å²) in [6.45, 7) is 8.18. The van der Waals surface area contributed by atoms with E-state index in [1.807, 2.05) is 10.9 Å². The third-order valence-electron chi connectivity index (χ3n) is 9.94. The number of rotatable bonds is 3. The summed E-state index contributed by atoms with van der Waals surface area (Å²) < 4.78 is 2.03. The van der Waals surface area contributed by atoms with E-state index in [1.54, 1.807) is 6.20 Å². The Kier molecular flexibility index (Phi) is 4.65. The highest BCUT2D eigenvalue weighted by molar-refractivity contribution is 5.07. The van der Waals surface area contributed by atoms with E-state index in [2.05, 4.69) is 31.1 Å². The van der Waals surface area contributed by atoms with Gasteiger partial charge in [0.25, 0.3) is 0 Å². The van der Waals surface area contributed by atoms with Gasteiger partial charge in [-0.15, -0.1) is 5.10 Å². The SMILES string of the molecule is C[C@H](Cn1ccnn1)[C@H]1CC[C@H]2[C@@H]3CC[C@H]4C[C@](C)(O)CC[C@@H]4[C@H]3CC[C@]12C. The van der Waals surface area contributed by atoms with Crippen molar-refractivity contribution in [3.63, 3.8) is 0 Å². The first-order valence-corrected chi connectivity index (χ1v) is 11.9. The van der Waals surface area contributed by atoms with Gasteiger partial charge in [-0.25, -0.2) is 0 Å². The molecule has 0 unspecified atom stereocenters. The van der Waals surface area contributed by atoms with Gasteiger partial charge in [0.05, 0.1) is 11.8 Å². The molecule has 0 radical (unpaired) electrons. The van der Waals surface area contributed by atoms with Crippen molar-refractivity contribution >= 4 is 0 Å². The third-order valence-corrected chi connectivity index (χ3v) is 9.94. The molecule has 4 fully saturated rings. The molecule has 0 aromatic carbocycles. The molecule has 4 nitrogen and oxygen atoms in total. The minimum atomic E-state index is -0.396. The normalized spacial score (nSPS) is 49.1. The topological polar surface area (TPSA) is 50.9 Å². The van der Waals surface area contributed by atoms with Crippen molar-refractivity contribution < 1.29 is 5.11 Å². The van der Waals surface area contributed by atoms with Gasteiger partial charge in [-0.05, 0) is 112 Å². The molecule has 4 aliphatic carbocycles. The van der Waals surface area contributed by atoms with Gasteiger partial charge < -0.3 is 5.11 Å². The molecular formula is C24H39N3O. The predicted molar refractivity (Wildman–Crippen MR) is 110 cm³/mol. The van der Waals surface area contributed by atoms with E-state index >= 15 is 0 Å². The summed E-state index contributed by atoms with van der Waals surface area (Å²) >= 11 is 0. The van der Waals surface area contributed by atoms with Gasteiger partial charge in [0.2, 0.25) is 0 Å². The van der Waals surface area contributed by atoms with Gasteiger partial charge in [-0.3, -0.25) is 4.68 Å². The zero-order chi connectivity index (χ0) is 19.5. The van der Waals surface area contributed by atoms with Crippen LogP contribution in [0.4, 0.5) is 0 Å². The molecule has 1 heterocycles. The Morgan fingerprint density at radius 1 is 1.04 bits per heavy atom. The Balaban J connectivity index is 1.31. The molecule has 0 saturated heterocycles. The standard InChI is InChI=1S/C24H39N3O/c1-16(15-27-13-12-25-26-27)21-6-7-22-20-5-4-17-14-23(2,28)10-8-18(17)19(20)9-11-24(21,22)3/h12-13,16-22,28H,4-11,14-15H2,1-3H3/t16-,17+,18+,19-,20-,21-,22+,23-,24-/m1/s1. The van der Waals surface area contributed by atoms with E-state index in [4.69, 9.17) is 0 Å². The van der Waals surface area contributed by atoms with Crippen molar-refractivity contribution in [3.05, 3.63) is 12.4 Å². The van der Waals surface area contributed by atoms with Crippen molar-refractivity contribution in [1.82, 2.24) is 15.0 Å². The molecule has 0 amide bonds. The van der Waals surface area contributed by atoms with E-state index in [9.17, 15) is 5.11 Å². The highest BCUT2D eigenvalue weighted by Gasteiger charge is 2.58. The average molecular weight is 386 g/mol. The lowest BCUT2D eigenvalue weighted by Gasteiger charge is -2.57. The second-order valence-corrected chi connectivity index (χ2v) is 11.5. The van der Waals surface area contributed by atoms with Crippen LogP contribution in [0.5, 0.6) is 0 Å². The predicted octanol–water partition coefficient (Wildman–Crippen LogP) is 4.93. The summed E-state index contributed by atoms with van der Waals surface area (Å²) in [7, 11) is 0. The van der Waals surface area contributed by atoms with Crippen LogP contribution >= 0.6 is 0 Å². The number of nitrogens with zero attached hydrogens (tertiary/aromatic N) is 3. The lowest BCUT2D eigenvalue weighted by Crippen LogP contribution is -2.51. The van der Waals surface area contributed by atoms with E-state index in [0.29, 0.717) is 11.3 Å². The van der Waals surface area contributed by atoms with Gasteiger partial charge in [-0.2, -0.15) is 0 Å². The molecule has 9 atom stereocenters. The molecule has 5 rings (SSSR count). The Morgan fingerprint density at radius 3 is 2.64 bits per heavy atom. The van der Waals surface area contributed by atoms with E-state index in [-0.39, 0.29) is 0 Å². The largest absolute Gasteiger partial charge is 0.390 e. The second kappa shape index (κ2) is 6.82. The molecule has 0 bridgehead atoms. The lowest BCUT2D eigenvalue weighted by molar-refractivity contribution is -0.103. The minimum absolute atomic E-state index is 0.396. The summed E-state index contributed by atoms with van der Waals surface area (Å²) in [5, 5.41) is 18.8. The Labute approximate surface area is 170 Å². The minimum Gasteiger partial charge on any atom is -0.390 e. The number of fused-ring (bicyclic) bond motifs is 5. The van der Waals surface area contributed by atoms with Crippen molar-refractivity contribution in [1.29, 1.82) is 0 Å². The highest BCUT2D eigenvalue weighted by Crippen LogP contribution is 2.65. The van der Waals surface area contributed by atoms with Gasteiger partial charge in [0, 0.05) is 12.7 Å².